The molecule has 2 unspecified atom stereocenters. The Bertz CT molecular complexity index is 387. The molecule has 0 saturated carbocycles. The van der Waals surface area contributed by atoms with Gasteiger partial charge in [0.15, 0.2) is 0 Å². The van der Waals surface area contributed by atoms with Gasteiger partial charge in [0, 0.05) is 6.92 Å². The van der Waals surface area contributed by atoms with Crippen molar-refractivity contribution in [2.75, 3.05) is 5.75 Å². The summed E-state index contributed by atoms with van der Waals surface area (Å²) < 4.78 is 0. The van der Waals surface area contributed by atoms with Crippen molar-refractivity contribution >= 4 is 36.4 Å². The number of carboxylic acid groups (broad SMARTS) is 2. The van der Waals surface area contributed by atoms with Crippen LogP contribution in [0.1, 0.15) is 26.2 Å². The molecule has 0 aromatic heterocycles. The predicted molar refractivity (Wildman–Crippen MR) is 72.5 cm³/mol. The third-order valence-electron chi connectivity index (χ3n) is 2.34. The van der Waals surface area contributed by atoms with Crippen LogP contribution in [-0.4, -0.2) is 51.8 Å². The number of rotatable bonds is 9. The van der Waals surface area contributed by atoms with Crippen LogP contribution in [0, 0.1) is 0 Å². The van der Waals surface area contributed by atoms with Gasteiger partial charge < -0.3 is 20.8 Å². The van der Waals surface area contributed by atoms with Crippen molar-refractivity contribution in [1.82, 2.24) is 10.6 Å². The Morgan fingerprint density at radius 2 is 1.70 bits per heavy atom. The third-order valence-corrected chi connectivity index (χ3v) is 2.65. The molecule has 20 heavy (non-hydrogen) atoms. The van der Waals surface area contributed by atoms with Gasteiger partial charge in [0.2, 0.25) is 11.8 Å². The fourth-order valence-electron chi connectivity index (χ4n) is 1.46. The van der Waals surface area contributed by atoms with E-state index in [1.807, 2.05) is 0 Å². The van der Waals surface area contributed by atoms with Gasteiger partial charge in [-0.3, -0.25) is 14.4 Å². The van der Waals surface area contributed by atoms with Crippen LogP contribution in [0.4, 0.5) is 0 Å². The van der Waals surface area contributed by atoms with Crippen molar-refractivity contribution in [3.05, 3.63) is 0 Å². The zero-order chi connectivity index (χ0) is 15.7. The Morgan fingerprint density at radius 1 is 1.10 bits per heavy atom. The molecule has 0 saturated heterocycles. The Kier molecular flexibility index (Phi) is 8.37. The molecule has 8 nitrogen and oxygen atoms in total. The first-order chi connectivity index (χ1) is 9.27. The Morgan fingerprint density at radius 3 is 2.10 bits per heavy atom. The number of amides is 2. The van der Waals surface area contributed by atoms with Crippen LogP contribution in [0.15, 0.2) is 0 Å². The summed E-state index contributed by atoms with van der Waals surface area (Å²) in [5.41, 5.74) is 0. The largest absolute Gasteiger partial charge is 0.481 e. The molecule has 0 fully saturated rings. The maximum absolute atomic E-state index is 11.9. The molecule has 114 valence electrons. The van der Waals surface area contributed by atoms with Gasteiger partial charge in [-0.05, 0) is 18.6 Å². The lowest BCUT2D eigenvalue weighted by molar-refractivity contribution is -0.147. The summed E-state index contributed by atoms with van der Waals surface area (Å²) in [7, 11) is 0. The highest BCUT2D eigenvalue weighted by Crippen LogP contribution is 2.02. The molecule has 0 aliphatic heterocycles. The van der Waals surface area contributed by atoms with Gasteiger partial charge in [-0.25, -0.2) is 4.79 Å². The normalized spacial score (nSPS) is 13.1. The molecule has 2 amide bonds. The van der Waals surface area contributed by atoms with Gasteiger partial charge in [-0.1, -0.05) is 0 Å². The van der Waals surface area contributed by atoms with E-state index in [4.69, 9.17) is 10.2 Å². The number of nitrogens with one attached hydrogen (secondary N) is 2. The molecule has 0 spiro atoms. The van der Waals surface area contributed by atoms with Crippen LogP contribution in [0.2, 0.25) is 0 Å². The quantitative estimate of drug-likeness (QED) is 0.356. The molecule has 0 radical (unpaired) electrons. The number of hydrogen-bond donors (Lipinski definition) is 5. The van der Waals surface area contributed by atoms with Gasteiger partial charge in [-0.2, -0.15) is 12.6 Å². The topological polar surface area (TPSA) is 133 Å². The van der Waals surface area contributed by atoms with Gasteiger partial charge in [0.25, 0.3) is 0 Å². The second-order valence-electron chi connectivity index (χ2n) is 4.12. The van der Waals surface area contributed by atoms with E-state index in [0.717, 1.165) is 0 Å². The van der Waals surface area contributed by atoms with E-state index in [9.17, 15) is 19.2 Å². The Hall–Kier alpha value is -1.77. The van der Waals surface area contributed by atoms with Gasteiger partial charge in [0.1, 0.15) is 12.1 Å². The SMILES string of the molecule is CC(=O)NC(CCCS)C(=O)NC(CC(=O)O)C(=O)O. The van der Waals surface area contributed by atoms with E-state index in [0.29, 0.717) is 12.2 Å². The lowest BCUT2D eigenvalue weighted by Crippen LogP contribution is -2.51. The predicted octanol–water partition coefficient (Wildman–Crippen LogP) is -0.755. The van der Waals surface area contributed by atoms with Gasteiger partial charge >= 0.3 is 11.9 Å². The maximum Gasteiger partial charge on any atom is 0.326 e. The summed E-state index contributed by atoms with van der Waals surface area (Å²) in [6, 6.07) is -2.44. The number of thiol groups is 1. The van der Waals surface area contributed by atoms with E-state index in [1.54, 1.807) is 0 Å². The summed E-state index contributed by atoms with van der Waals surface area (Å²) in [5, 5.41) is 21.9. The highest BCUT2D eigenvalue weighted by atomic mass is 32.1. The lowest BCUT2D eigenvalue weighted by Gasteiger charge is -2.20. The van der Waals surface area contributed by atoms with E-state index in [-0.39, 0.29) is 6.42 Å². The molecule has 0 rings (SSSR count). The maximum atomic E-state index is 11.9. The molecule has 0 aliphatic rings. The fourth-order valence-corrected chi connectivity index (χ4v) is 1.64. The van der Waals surface area contributed by atoms with Crippen molar-refractivity contribution in [3.63, 3.8) is 0 Å². The van der Waals surface area contributed by atoms with Crippen LogP contribution in [-0.2, 0) is 19.2 Å². The molecule has 2 atom stereocenters. The first-order valence-corrected chi connectivity index (χ1v) is 6.54. The van der Waals surface area contributed by atoms with E-state index in [1.165, 1.54) is 6.92 Å². The Balaban J connectivity index is 4.72. The zero-order valence-electron chi connectivity index (χ0n) is 11.0. The van der Waals surface area contributed by atoms with Crippen molar-refractivity contribution in [3.8, 4) is 0 Å². The van der Waals surface area contributed by atoms with Gasteiger partial charge in [0.05, 0.1) is 6.42 Å². The van der Waals surface area contributed by atoms with E-state index >= 15 is 0 Å². The highest BCUT2D eigenvalue weighted by molar-refractivity contribution is 7.80. The standard InChI is InChI=1S/C11H18N2O6S/c1-6(14)12-7(3-2-4-20)10(17)13-8(11(18)19)5-9(15)16/h7-8,20H,2-5H2,1H3,(H,12,14)(H,13,17)(H,15,16)(H,18,19). The molecule has 0 aromatic rings. The number of hydrogen-bond acceptors (Lipinski definition) is 5. The number of carbonyl (C=O) groups excluding carboxylic acids is 2. The van der Waals surface area contributed by atoms with Crippen molar-refractivity contribution in [1.29, 1.82) is 0 Å². The molecule has 9 heteroatoms. The summed E-state index contributed by atoms with van der Waals surface area (Å²) >= 11 is 3.99. The minimum atomic E-state index is -1.53. The van der Waals surface area contributed by atoms with E-state index in [2.05, 4.69) is 23.3 Å². The minimum Gasteiger partial charge on any atom is -0.481 e. The first-order valence-electron chi connectivity index (χ1n) is 5.90. The van der Waals surface area contributed by atoms with Crippen molar-refractivity contribution in [2.24, 2.45) is 0 Å². The Labute approximate surface area is 121 Å². The second-order valence-corrected chi connectivity index (χ2v) is 4.56. The van der Waals surface area contributed by atoms with Crippen molar-refractivity contribution in [2.45, 2.75) is 38.3 Å². The molecular formula is C11H18N2O6S. The van der Waals surface area contributed by atoms with Crippen LogP contribution < -0.4 is 10.6 Å². The molecule has 0 aliphatic carbocycles. The number of aliphatic carboxylic acids is 2. The monoisotopic (exact) mass is 306 g/mol. The first kappa shape index (κ1) is 18.2. The van der Waals surface area contributed by atoms with Crippen LogP contribution >= 0.6 is 12.6 Å². The third kappa shape index (κ3) is 7.62. The fraction of sp³-hybridized carbons (Fsp3) is 0.636. The lowest BCUT2D eigenvalue weighted by atomic mass is 10.1. The average molecular weight is 306 g/mol. The second kappa shape index (κ2) is 9.18. The average Bonchev–Trinajstić information content (AvgIpc) is 2.32. The minimum absolute atomic E-state index is 0.286. The van der Waals surface area contributed by atoms with E-state index < -0.39 is 42.3 Å². The molecule has 0 aromatic carbocycles. The zero-order valence-corrected chi connectivity index (χ0v) is 11.9. The van der Waals surface area contributed by atoms with Gasteiger partial charge in [-0.15, -0.1) is 0 Å². The summed E-state index contributed by atoms with van der Waals surface area (Å²) in [4.78, 5) is 44.2. The van der Waals surface area contributed by atoms with Crippen LogP contribution in [0.5, 0.6) is 0 Å². The molecule has 4 N–H and O–H groups in total. The molecular weight excluding hydrogens is 288 g/mol. The van der Waals surface area contributed by atoms with Crippen LogP contribution in [0.3, 0.4) is 0 Å². The smallest absolute Gasteiger partial charge is 0.326 e. The van der Waals surface area contributed by atoms with Crippen molar-refractivity contribution < 1.29 is 29.4 Å². The summed E-state index contributed by atoms with van der Waals surface area (Å²) in [5.74, 6) is -3.45. The molecule has 0 heterocycles. The highest BCUT2D eigenvalue weighted by Gasteiger charge is 2.27. The molecule has 0 bridgehead atoms. The summed E-state index contributed by atoms with van der Waals surface area (Å²) in [6.07, 6.45) is 0.0902. The summed E-state index contributed by atoms with van der Waals surface area (Å²) in [6.45, 7) is 1.23. The van der Waals surface area contributed by atoms with Crippen LogP contribution in [0.25, 0.3) is 0 Å². The number of carbonyl (C=O) groups is 4. The number of carboxylic acids is 2.